The van der Waals surface area contributed by atoms with Crippen LogP contribution < -0.4 is 5.32 Å². The predicted molar refractivity (Wildman–Crippen MR) is 338 cm³/mol. The number of nitrogens with one attached hydrogen (secondary N) is 1. The van der Waals surface area contributed by atoms with E-state index in [2.05, 4.69) is 111 Å². The molecule has 0 aliphatic carbocycles. The number of hydrogen-bond donors (Lipinski definition) is 6. The number of unbranched alkanes of at least 4 members (excludes halogenated alkanes) is 27. The lowest BCUT2D eigenvalue weighted by Crippen LogP contribution is -2.61. The van der Waals surface area contributed by atoms with E-state index in [0.717, 1.165) is 122 Å². The molecule has 1 aliphatic heterocycles. The van der Waals surface area contributed by atoms with Crippen LogP contribution in [0.1, 0.15) is 271 Å². The van der Waals surface area contributed by atoms with Gasteiger partial charge in [0.15, 0.2) is 12.4 Å². The van der Waals surface area contributed by atoms with E-state index in [9.17, 15) is 35.1 Å². The summed E-state index contributed by atoms with van der Waals surface area (Å²) in [6.07, 6.45) is 65.8. The van der Waals surface area contributed by atoms with Gasteiger partial charge in [0.1, 0.15) is 24.4 Å². The molecule has 8 unspecified atom stereocenters. The lowest BCUT2D eigenvalue weighted by molar-refractivity contribution is -0.305. The van der Waals surface area contributed by atoms with Crippen molar-refractivity contribution in [2.45, 2.75) is 320 Å². The van der Waals surface area contributed by atoms with E-state index in [1.165, 1.54) is 103 Å². The van der Waals surface area contributed by atoms with Crippen LogP contribution in [-0.2, 0) is 23.8 Å². The first kappa shape index (κ1) is 75.6. The van der Waals surface area contributed by atoms with Crippen molar-refractivity contribution in [1.82, 2.24) is 5.32 Å². The maximum absolute atomic E-state index is 13.4. The summed E-state index contributed by atoms with van der Waals surface area (Å²) in [7, 11) is 0. The minimum absolute atomic E-state index is 0.0972. The van der Waals surface area contributed by atoms with Crippen LogP contribution in [0.2, 0.25) is 0 Å². The predicted octanol–water partition coefficient (Wildman–Crippen LogP) is 16.3. The summed E-state index contributed by atoms with van der Waals surface area (Å²) in [4.78, 5) is 26.6. The summed E-state index contributed by atoms with van der Waals surface area (Å²) >= 11 is 0. The summed E-state index contributed by atoms with van der Waals surface area (Å²) in [5.41, 5.74) is 0. The van der Waals surface area contributed by atoms with Gasteiger partial charge in [0, 0.05) is 6.42 Å². The number of rotatable bonds is 55. The minimum atomic E-state index is -1.63. The van der Waals surface area contributed by atoms with Crippen molar-refractivity contribution >= 4 is 11.9 Å². The van der Waals surface area contributed by atoms with Gasteiger partial charge in [-0.05, 0) is 109 Å². The number of amides is 1. The van der Waals surface area contributed by atoms with Crippen molar-refractivity contribution in [2.75, 3.05) is 13.2 Å². The van der Waals surface area contributed by atoms with E-state index in [0.29, 0.717) is 12.8 Å². The first-order chi connectivity index (χ1) is 39.7. The lowest BCUT2D eigenvalue weighted by atomic mass is 9.99. The largest absolute Gasteiger partial charge is 0.454 e. The van der Waals surface area contributed by atoms with Gasteiger partial charge in [-0.2, -0.15) is 0 Å². The molecule has 466 valence electrons. The molecule has 0 aromatic rings. The monoisotopic (exact) mass is 1140 g/mol. The Hall–Kier alpha value is -3.42. The maximum Gasteiger partial charge on any atom is 0.306 e. The Labute approximate surface area is 495 Å². The summed E-state index contributed by atoms with van der Waals surface area (Å²) in [6.45, 7) is 5.72. The van der Waals surface area contributed by atoms with Crippen LogP contribution >= 0.6 is 0 Å². The molecular weight excluding hydrogens is 1010 g/mol. The average Bonchev–Trinajstić information content (AvgIpc) is 3.50. The molecule has 1 fully saturated rings. The number of carbonyl (C=O) groups excluding carboxylic acids is 2. The highest BCUT2D eigenvalue weighted by Crippen LogP contribution is 2.26. The number of aliphatic hydroxyl groups is 5. The zero-order valence-electron chi connectivity index (χ0n) is 51.6. The number of ether oxygens (including phenoxy) is 3. The zero-order chi connectivity index (χ0) is 58.9. The first-order valence-electron chi connectivity index (χ1n) is 33.0. The molecule has 1 rings (SSSR count). The summed E-state index contributed by atoms with van der Waals surface area (Å²) in [5, 5.41) is 57.1. The Morgan fingerprint density at radius 2 is 0.852 bits per heavy atom. The van der Waals surface area contributed by atoms with Crippen molar-refractivity contribution < 1.29 is 49.3 Å². The van der Waals surface area contributed by atoms with E-state index in [4.69, 9.17) is 14.2 Å². The van der Waals surface area contributed by atoms with E-state index >= 15 is 0 Å². The molecule has 6 N–H and O–H groups in total. The molecule has 0 radical (unpaired) electrons. The van der Waals surface area contributed by atoms with E-state index in [-0.39, 0.29) is 19.4 Å². The number of hydrogen-bond acceptors (Lipinski definition) is 10. The highest BCUT2D eigenvalue weighted by Gasteiger charge is 2.47. The van der Waals surface area contributed by atoms with E-state index < -0.39 is 67.4 Å². The smallest absolute Gasteiger partial charge is 0.306 e. The van der Waals surface area contributed by atoms with E-state index in [1.807, 2.05) is 6.08 Å². The Bertz CT molecular complexity index is 1690. The normalized spacial score (nSPS) is 19.3. The van der Waals surface area contributed by atoms with Crippen molar-refractivity contribution in [3.8, 4) is 0 Å². The molecule has 11 nitrogen and oxygen atoms in total. The van der Waals surface area contributed by atoms with Crippen LogP contribution in [0, 0.1) is 0 Å². The maximum atomic E-state index is 13.4. The highest BCUT2D eigenvalue weighted by atomic mass is 16.7. The van der Waals surface area contributed by atoms with E-state index in [1.54, 1.807) is 6.08 Å². The standard InChI is InChI=1S/C70H121NO10/c1-4-7-10-13-16-19-22-24-26-28-30-32-34-36-38-40-43-46-49-52-55-58-65(75)81-68-67(77)66(76)64(59-72)80-70(68)79-60-61(62(73)56-53-50-47-44-41-21-18-15-12-9-6-3)71-69(78)63(74)57-54-51-48-45-42-39-37-35-33-31-29-27-25-23-20-17-14-11-8-5-2/h16-17,19-20,24-27,30-33,36,38,53,56,61-64,66-68,70,72-74,76-77H,4-15,18,21-23,28-29,34-35,37,39-52,54-55,57-60H2,1-3H3,(H,71,78)/b19-16-,20-17-,26-24-,27-25-,32-30-,33-31-,38-36-,56-53+. The molecule has 0 aromatic carbocycles. The van der Waals surface area contributed by atoms with Gasteiger partial charge in [-0.25, -0.2) is 0 Å². The molecule has 1 saturated heterocycles. The minimum Gasteiger partial charge on any atom is -0.454 e. The Morgan fingerprint density at radius 3 is 1.30 bits per heavy atom. The van der Waals surface area contributed by atoms with Crippen LogP contribution in [-0.4, -0.2) is 99.6 Å². The van der Waals surface area contributed by atoms with Gasteiger partial charge in [-0.15, -0.1) is 0 Å². The summed E-state index contributed by atoms with van der Waals surface area (Å²) < 4.78 is 17.6. The topological polar surface area (TPSA) is 175 Å². The molecule has 0 bridgehead atoms. The second-order valence-electron chi connectivity index (χ2n) is 22.5. The third-order valence-electron chi connectivity index (χ3n) is 15.0. The van der Waals surface area contributed by atoms with Crippen LogP contribution in [0.4, 0.5) is 0 Å². The fourth-order valence-electron chi connectivity index (χ4n) is 9.70. The fraction of sp³-hybridized carbons (Fsp3) is 0.743. The number of carbonyl (C=O) groups is 2. The second-order valence-corrected chi connectivity index (χ2v) is 22.5. The Kier molecular flexibility index (Phi) is 53.2. The van der Waals surface area contributed by atoms with Crippen molar-refractivity contribution in [2.24, 2.45) is 0 Å². The average molecular weight is 1140 g/mol. The van der Waals surface area contributed by atoms with Crippen LogP contribution in [0.5, 0.6) is 0 Å². The molecule has 81 heavy (non-hydrogen) atoms. The second kappa shape index (κ2) is 57.0. The first-order valence-corrected chi connectivity index (χ1v) is 33.0. The fourth-order valence-corrected chi connectivity index (χ4v) is 9.70. The number of esters is 1. The van der Waals surface area contributed by atoms with Crippen LogP contribution in [0.3, 0.4) is 0 Å². The Balaban J connectivity index is 2.65. The summed E-state index contributed by atoms with van der Waals surface area (Å²) in [5.74, 6) is -1.22. The molecule has 11 heteroatoms. The number of aliphatic hydroxyl groups excluding tert-OH is 5. The molecular formula is C70H121NO10. The third-order valence-corrected chi connectivity index (χ3v) is 15.0. The highest BCUT2D eigenvalue weighted by molar-refractivity contribution is 5.80. The molecule has 1 heterocycles. The molecule has 0 aromatic heterocycles. The lowest BCUT2D eigenvalue weighted by Gasteiger charge is -2.41. The van der Waals surface area contributed by atoms with Gasteiger partial charge in [-0.3, -0.25) is 9.59 Å². The van der Waals surface area contributed by atoms with Crippen molar-refractivity contribution in [1.29, 1.82) is 0 Å². The molecule has 1 aliphatic rings. The SMILES string of the molecule is CCCCC/C=C\C/C=C\C/C=C\C/C=C\CCCCCCCC(=O)OC1C(OCC(NC(=O)C(O)CCCCCCCCC/C=C\C/C=C\C/C=C\CCCCC)C(O)/C=C/CCCCCCCCCCC)OC(CO)C(O)C1O. The van der Waals surface area contributed by atoms with Gasteiger partial charge in [0.25, 0.3) is 0 Å². The molecule has 8 atom stereocenters. The van der Waals surface area contributed by atoms with Crippen molar-refractivity contribution in [3.05, 3.63) is 97.2 Å². The number of allylic oxidation sites excluding steroid dienone is 15. The Morgan fingerprint density at radius 1 is 0.481 bits per heavy atom. The summed E-state index contributed by atoms with van der Waals surface area (Å²) in [6, 6.07) is -1.04. The van der Waals surface area contributed by atoms with Gasteiger partial charge < -0.3 is 45.1 Å². The molecule has 0 saturated carbocycles. The quantitative estimate of drug-likeness (QED) is 0.0195. The van der Waals surface area contributed by atoms with Gasteiger partial charge in [-0.1, -0.05) is 253 Å². The molecule has 1 amide bonds. The third kappa shape index (κ3) is 44.7. The van der Waals surface area contributed by atoms with Gasteiger partial charge in [0.2, 0.25) is 5.91 Å². The van der Waals surface area contributed by atoms with Crippen LogP contribution in [0.15, 0.2) is 97.2 Å². The van der Waals surface area contributed by atoms with Gasteiger partial charge in [0.05, 0.1) is 25.4 Å². The zero-order valence-corrected chi connectivity index (χ0v) is 51.6. The van der Waals surface area contributed by atoms with Crippen LogP contribution in [0.25, 0.3) is 0 Å². The van der Waals surface area contributed by atoms with Crippen molar-refractivity contribution in [3.63, 3.8) is 0 Å². The molecule has 0 spiro atoms. The van der Waals surface area contributed by atoms with Gasteiger partial charge >= 0.3 is 5.97 Å².